The molecule has 1 heterocycles. The molecule has 2 aromatic rings. The van der Waals surface area contributed by atoms with E-state index in [1.54, 1.807) is 11.3 Å². The van der Waals surface area contributed by atoms with Crippen molar-refractivity contribution in [3.05, 3.63) is 40.6 Å². The van der Waals surface area contributed by atoms with Crippen LogP contribution in [0.2, 0.25) is 0 Å². The summed E-state index contributed by atoms with van der Waals surface area (Å²) in [4.78, 5) is 0. The van der Waals surface area contributed by atoms with Gasteiger partial charge in [-0.2, -0.15) is 11.3 Å². The first-order chi connectivity index (χ1) is 7.48. The zero-order valence-corrected chi connectivity index (χ0v) is 10.8. The van der Waals surface area contributed by atoms with E-state index in [0.717, 1.165) is 5.69 Å². The molecule has 0 radical (unpaired) electrons. The molecule has 2 heteroatoms. The fourth-order valence-corrected chi connectivity index (χ4v) is 2.48. The van der Waals surface area contributed by atoms with Gasteiger partial charge in [0.1, 0.15) is 0 Å². The molecule has 0 amide bonds. The second-order valence-corrected chi connectivity index (χ2v) is 5.84. The highest BCUT2D eigenvalue weighted by atomic mass is 32.1. The van der Waals surface area contributed by atoms with Crippen molar-refractivity contribution in [3.8, 4) is 11.1 Å². The van der Waals surface area contributed by atoms with Gasteiger partial charge in [0.15, 0.2) is 0 Å². The quantitative estimate of drug-likeness (QED) is 0.728. The SMILES string of the molecule is CC(C)(C)c1cc(-c2ccsc2)ccc1N. The molecular formula is C14H17NS. The van der Waals surface area contributed by atoms with Crippen molar-refractivity contribution in [2.45, 2.75) is 26.2 Å². The van der Waals surface area contributed by atoms with E-state index >= 15 is 0 Å². The first-order valence-electron chi connectivity index (χ1n) is 5.41. The third-order valence-corrected chi connectivity index (χ3v) is 3.40. The lowest BCUT2D eigenvalue weighted by atomic mass is 9.84. The summed E-state index contributed by atoms with van der Waals surface area (Å²) in [5.74, 6) is 0. The maximum Gasteiger partial charge on any atom is 0.0352 e. The van der Waals surface area contributed by atoms with Crippen molar-refractivity contribution in [2.75, 3.05) is 5.73 Å². The molecule has 84 valence electrons. The van der Waals surface area contributed by atoms with Gasteiger partial charge in [0.25, 0.3) is 0 Å². The molecule has 2 rings (SSSR count). The molecule has 0 saturated carbocycles. The molecule has 0 atom stereocenters. The van der Waals surface area contributed by atoms with Crippen LogP contribution in [0.4, 0.5) is 5.69 Å². The minimum absolute atomic E-state index is 0.0934. The monoisotopic (exact) mass is 231 g/mol. The number of rotatable bonds is 1. The van der Waals surface area contributed by atoms with Crippen molar-refractivity contribution >= 4 is 17.0 Å². The van der Waals surface area contributed by atoms with Crippen LogP contribution < -0.4 is 5.73 Å². The zero-order chi connectivity index (χ0) is 11.8. The average molecular weight is 231 g/mol. The molecule has 0 bridgehead atoms. The van der Waals surface area contributed by atoms with Crippen LogP contribution >= 0.6 is 11.3 Å². The molecule has 1 nitrogen and oxygen atoms in total. The molecule has 0 fully saturated rings. The maximum absolute atomic E-state index is 6.03. The number of benzene rings is 1. The fraction of sp³-hybridized carbons (Fsp3) is 0.286. The Bertz CT molecular complexity index is 478. The Morgan fingerprint density at radius 3 is 2.38 bits per heavy atom. The van der Waals surface area contributed by atoms with Gasteiger partial charge in [0.05, 0.1) is 0 Å². The summed E-state index contributed by atoms with van der Waals surface area (Å²) < 4.78 is 0. The molecular weight excluding hydrogens is 214 g/mol. The Hall–Kier alpha value is -1.28. The van der Waals surface area contributed by atoms with Crippen LogP contribution in [0.1, 0.15) is 26.3 Å². The van der Waals surface area contributed by atoms with Gasteiger partial charge in [-0.05, 0) is 51.1 Å². The van der Waals surface area contributed by atoms with Crippen molar-refractivity contribution in [1.29, 1.82) is 0 Å². The van der Waals surface area contributed by atoms with Crippen molar-refractivity contribution in [2.24, 2.45) is 0 Å². The van der Waals surface area contributed by atoms with Crippen molar-refractivity contribution in [1.82, 2.24) is 0 Å². The largest absolute Gasteiger partial charge is 0.398 e. The molecule has 16 heavy (non-hydrogen) atoms. The molecule has 1 aromatic carbocycles. The second kappa shape index (κ2) is 3.95. The molecule has 0 spiro atoms. The Balaban J connectivity index is 2.52. The summed E-state index contributed by atoms with van der Waals surface area (Å²) >= 11 is 1.72. The lowest BCUT2D eigenvalue weighted by molar-refractivity contribution is 0.593. The number of nitrogen functional groups attached to an aromatic ring is 1. The highest BCUT2D eigenvalue weighted by Gasteiger charge is 2.17. The Morgan fingerprint density at radius 2 is 1.81 bits per heavy atom. The van der Waals surface area contributed by atoms with Crippen LogP contribution in [0.15, 0.2) is 35.0 Å². The van der Waals surface area contributed by atoms with E-state index in [4.69, 9.17) is 5.73 Å². The highest BCUT2D eigenvalue weighted by Crippen LogP contribution is 2.32. The number of nitrogens with two attached hydrogens (primary N) is 1. The summed E-state index contributed by atoms with van der Waals surface area (Å²) in [6.07, 6.45) is 0. The minimum Gasteiger partial charge on any atom is -0.398 e. The number of thiophene rings is 1. The Morgan fingerprint density at radius 1 is 1.06 bits per heavy atom. The van der Waals surface area contributed by atoms with Gasteiger partial charge >= 0.3 is 0 Å². The molecule has 2 N–H and O–H groups in total. The van der Waals surface area contributed by atoms with E-state index in [2.05, 4.69) is 49.7 Å². The van der Waals surface area contributed by atoms with E-state index < -0.39 is 0 Å². The number of hydrogen-bond donors (Lipinski definition) is 1. The molecule has 0 aliphatic heterocycles. The molecule has 0 unspecified atom stereocenters. The molecule has 0 aliphatic rings. The Kier molecular flexibility index (Phi) is 2.76. The lowest BCUT2D eigenvalue weighted by Crippen LogP contribution is -2.13. The molecule has 0 aliphatic carbocycles. The van der Waals surface area contributed by atoms with Crippen LogP contribution in [0.5, 0.6) is 0 Å². The van der Waals surface area contributed by atoms with Crippen LogP contribution in [-0.2, 0) is 5.41 Å². The standard InChI is InChI=1S/C14H17NS/c1-14(2,3)12-8-10(4-5-13(12)15)11-6-7-16-9-11/h4-9H,15H2,1-3H3. The van der Waals surface area contributed by atoms with Gasteiger partial charge in [-0.1, -0.05) is 26.8 Å². The normalized spacial score (nSPS) is 11.7. The molecule has 1 aromatic heterocycles. The van der Waals surface area contributed by atoms with Gasteiger partial charge in [-0.25, -0.2) is 0 Å². The van der Waals surface area contributed by atoms with E-state index in [0.29, 0.717) is 0 Å². The highest BCUT2D eigenvalue weighted by molar-refractivity contribution is 7.08. The summed E-state index contributed by atoms with van der Waals surface area (Å²) in [6.45, 7) is 6.57. The first-order valence-corrected chi connectivity index (χ1v) is 6.35. The first kappa shape index (κ1) is 11.2. The van der Waals surface area contributed by atoms with Crippen LogP contribution in [0, 0.1) is 0 Å². The van der Waals surface area contributed by atoms with Crippen molar-refractivity contribution in [3.63, 3.8) is 0 Å². The minimum atomic E-state index is 0.0934. The summed E-state index contributed by atoms with van der Waals surface area (Å²) in [5.41, 5.74) is 10.7. The predicted molar refractivity (Wildman–Crippen MR) is 72.9 cm³/mol. The molecule has 0 saturated heterocycles. The lowest BCUT2D eigenvalue weighted by Gasteiger charge is -2.22. The smallest absolute Gasteiger partial charge is 0.0352 e. The Labute approximate surface area is 101 Å². The third-order valence-electron chi connectivity index (χ3n) is 2.72. The zero-order valence-electron chi connectivity index (χ0n) is 9.95. The van der Waals surface area contributed by atoms with Gasteiger partial charge < -0.3 is 5.73 Å². The van der Waals surface area contributed by atoms with Crippen molar-refractivity contribution < 1.29 is 0 Å². The van der Waals surface area contributed by atoms with Gasteiger partial charge in [0, 0.05) is 5.69 Å². The van der Waals surface area contributed by atoms with E-state index in [1.807, 2.05) is 6.07 Å². The van der Waals surface area contributed by atoms with E-state index in [-0.39, 0.29) is 5.41 Å². The van der Waals surface area contributed by atoms with Crippen LogP contribution in [-0.4, -0.2) is 0 Å². The number of anilines is 1. The van der Waals surface area contributed by atoms with Crippen LogP contribution in [0.3, 0.4) is 0 Å². The second-order valence-electron chi connectivity index (χ2n) is 5.06. The van der Waals surface area contributed by atoms with Gasteiger partial charge in [-0.15, -0.1) is 0 Å². The fourth-order valence-electron chi connectivity index (χ4n) is 1.81. The van der Waals surface area contributed by atoms with Crippen LogP contribution in [0.25, 0.3) is 11.1 Å². The van der Waals surface area contributed by atoms with E-state index in [1.165, 1.54) is 16.7 Å². The van der Waals surface area contributed by atoms with Gasteiger partial charge in [-0.3, -0.25) is 0 Å². The summed E-state index contributed by atoms with van der Waals surface area (Å²) in [5, 5.41) is 4.26. The summed E-state index contributed by atoms with van der Waals surface area (Å²) in [6, 6.07) is 8.44. The number of hydrogen-bond acceptors (Lipinski definition) is 2. The topological polar surface area (TPSA) is 26.0 Å². The van der Waals surface area contributed by atoms with E-state index in [9.17, 15) is 0 Å². The summed E-state index contributed by atoms with van der Waals surface area (Å²) in [7, 11) is 0. The predicted octanol–water partition coefficient (Wildman–Crippen LogP) is 4.29. The van der Waals surface area contributed by atoms with Gasteiger partial charge in [0.2, 0.25) is 0 Å². The third kappa shape index (κ3) is 2.12. The average Bonchev–Trinajstić information content (AvgIpc) is 2.69. The maximum atomic E-state index is 6.03.